The van der Waals surface area contributed by atoms with Gasteiger partial charge in [0.15, 0.2) is 0 Å². The van der Waals surface area contributed by atoms with E-state index >= 15 is 0 Å². The summed E-state index contributed by atoms with van der Waals surface area (Å²) in [5.41, 5.74) is 5.54. The van der Waals surface area contributed by atoms with Gasteiger partial charge in [0.2, 0.25) is 0 Å². The van der Waals surface area contributed by atoms with E-state index in [1.807, 2.05) is 6.92 Å². The average Bonchev–Trinajstić information content (AvgIpc) is 2.26. The zero-order valence-electron chi connectivity index (χ0n) is 9.60. The van der Waals surface area contributed by atoms with Crippen molar-refractivity contribution in [1.29, 1.82) is 0 Å². The lowest BCUT2D eigenvalue weighted by Gasteiger charge is -2.37. The second kappa shape index (κ2) is 5.44. The maximum Gasteiger partial charge on any atom is 0.251 e. The molecule has 1 rings (SSSR count). The molecule has 0 aromatic carbocycles. The van der Waals surface area contributed by atoms with Crippen LogP contribution in [-0.4, -0.2) is 55.9 Å². The van der Waals surface area contributed by atoms with E-state index in [1.165, 1.54) is 7.11 Å². The van der Waals surface area contributed by atoms with Crippen LogP contribution in [0, 0.1) is 0 Å². The summed E-state index contributed by atoms with van der Waals surface area (Å²) in [6, 6.07) is 0. The van der Waals surface area contributed by atoms with Crippen molar-refractivity contribution in [2.45, 2.75) is 32.2 Å². The molecule has 15 heavy (non-hydrogen) atoms. The molecule has 0 radical (unpaired) electrons. The van der Waals surface area contributed by atoms with Crippen molar-refractivity contribution in [3.8, 4) is 0 Å². The molecule has 5 heteroatoms. The summed E-state index contributed by atoms with van der Waals surface area (Å²) >= 11 is 0. The highest BCUT2D eigenvalue weighted by atomic mass is 16.5. The fraction of sp³-hybridized carbons (Fsp3) is 0.900. The van der Waals surface area contributed by atoms with Gasteiger partial charge >= 0.3 is 0 Å². The van der Waals surface area contributed by atoms with Crippen LogP contribution in [0.4, 0.5) is 0 Å². The molecule has 0 aromatic heterocycles. The van der Waals surface area contributed by atoms with Crippen molar-refractivity contribution in [1.82, 2.24) is 4.90 Å². The molecule has 1 saturated heterocycles. The number of carbonyl (C=O) groups excluding carboxylic acids is 1. The van der Waals surface area contributed by atoms with Gasteiger partial charge in [-0.1, -0.05) is 0 Å². The third-order valence-electron chi connectivity index (χ3n) is 2.60. The zero-order chi connectivity index (χ0) is 11.4. The van der Waals surface area contributed by atoms with Crippen molar-refractivity contribution in [3.63, 3.8) is 0 Å². The van der Waals surface area contributed by atoms with Crippen LogP contribution in [0.2, 0.25) is 0 Å². The molecule has 1 aliphatic rings. The number of morpholine rings is 1. The Morgan fingerprint density at radius 2 is 2.33 bits per heavy atom. The fourth-order valence-corrected chi connectivity index (χ4v) is 1.71. The van der Waals surface area contributed by atoms with Crippen LogP contribution >= 0.6 is 0 Å². The summed E-state index contributed by atoms with van der Waals surface area (Å²) in [5, 5.41) is 0. The highest BCUT2D eigenvalue weighted by Gasteiger charge is 2.29. The smallest absolute Gasteiger partial charge is 0.251 e. The summed E-state index contributed by atoms with van der Waals surface area (Å²) in [7, 11) is 1.53. The first-order valence-corrected chi connectivity index (χ1v) is 5.25. The van der Waals surface area contributed by atoms with Crippen LogP contribution in [-0.2, 0) is 14.3 Å². The first-order valence-electron chi connectivity index (χ1n) is 5.25. The number of nitrogens with two attached hydrogens (primary N) is 1. The van der Waals surface area contributed by atoms with Gasteiger partial charge in [-0.15, -0.1) is 0 Å². The van der Waals surface area contributed by atoms with Gasteiger partial charge in [-0.25, -0.2) is 0 Å². The van der Waals surface area contributed by atoms with Crippen LogP contribution in [0.3, 0.4) is 0 Å². The highest BCUT2D eigenvalue weighted by Crippen LogP contribution is 2.12. The van der Waals surface area contributed by atoms with Crippen LogP contribution in [0.5, 0.6) is 0 Å². The van der Waals surface area contributed by atoms with E-state index in [-0.39, 0.29) is 18.1 Å². The van der Waals surface area contributed by atoms with Gasteiger partial charge in [0.05, 0.1) is 12.2 Å². The van der Waals surface area contributed by atoms with Crippen LogP contribution in [0.1, 0.15) is 13.8 Å². The van der Waals surface area contributed by atoms with E-state index < -0.39 is 6.10 Å². The standard InChI is InChI=1S/C10H20N2O3/c1-7-5-12(6-9(4-11)15-7)10(13)8(2)14-3/h7-9H,4-6,11H2,1-3H3. The van der Waals surface area contributed by atoms with Gasteiger partial charge in [0.1, 0.15) is 6.10 Å². The minimum Gasteiger partial charge on any atom is -0.372 e. The predicted molar refractivity (Wildman–Crippen MR) is 56.4 cm³/mol. The monoisotopic (exact) mass is 216 g/mol. The van der Waals surface area contributed by atoms with Gasteiger partial charge in [-0.2, -0.15) is 0 Å². The van der Waals surface area contributed by atoms with Crippen molar-refractivity contribution >= 4 is 5.91 Å². The number of nitrogens with zero attached hydrogens (tertiary/aromatic N) is 1. The van der Waals surface area contributed by atoms with E-state index in [2.05, 4.69) is 0 Å². The molecule has 0 spiro atoms. The van der Waals surface area contributed by atoms with E-state index in [0.29, 0.717) is 19.6 Å². The summed E-state index contributed by atoms with van der Waals surface area (Å²) in [6.07, 6.45) is -0.407. The number of rotatable bonds is 3. The number of methoxy groups -OCH3 is 1. The first-order chi connectivity index (χ1) is 7.08. The van der Waals surface area contributed by atoms with Gasteiger partial charge in [0, 0.05) is 26.7 Å². The van der Waals surface area contributed by atoms with Gasteiger partial charge in [-0.05, 0) is 13.8 Å². The minimum absolute atomic E-state index is 0.00565. The second-order valence-electron chi connectivity index (χ2n) is 3.93. The topological polar surface area (TPSA) is 64.8 Å². The number of amides is 1. The lowest BCUT2D eigenvalue weighted by Crippen LogP contribution is -2.53. The third-order valence-corrected chi connectivity index (χ3v) is 2.60. The van der Waals surface area contributed by atoms with Gasteiger partial charge in [0.25, 0.3) is 5.91 Å². The van der Waals surface area contributed by atoms with E-state index in [1.54, 1.807) is 11.8 Å². The largest absolute Gasteiger partial charge is 0.372 e. The maximum atomic E-state index is 11.8. The van der Waals surface area contributed by atoms with Crippen LogP contribution in [0.15, 0.2) is 0 Å². The van der Waals surface area contributed by atoms with Crippen molar-refractivity contribution < 1.29 is 14.3 Å². The molecule has 0 bridgehead atoms. The van der Waals surface area contributed by atoms with Crippen molar-refractivity contribution in [2.75, 3.05) is 26.7 Å². The van der Waals surface area contributed by atoms with Crippen LogP contribution < -0.4 is 5.73 Å². The molecule has 0 aromatic rings. The number of carbonyl (C=O) groups is 1. The fourth-order valence-electron chi connectivity index (χ4n) is 1.71. The van der Waals surface area contributed by atoms with E-state index in [9.17, 15) is 4.79 Å². The normalized spacial score (nSPS) is 28.9. The molecule has 2 N–H and O–H groups in total. The Balaban J connectivity index is 2.57. The minimum atomic E-state index is -0.395. The Morgan fingerprint density at radius 3 is 2.87 bits per heavy atom. The molecule has 1 aliphatic heterocycles. The number of ether oxygens (including phenoxy) is 2. The molecular weight excluding hydrogens is 196 g/mol. The molecule has 5 nitrogen and oxygen atoms in total. The quantitative estimate of drug-likeness (QED) is 0.697. The van der Waals surface area contributed by atoms with Crippen LogP contribution in [0.25, 0.3) is 0 Å². The first kappa shape index (κ1) is 12.4. The van der Waals surface area contributed by atoms with Gasteiger partial charge in [-0.3, -0.25) is 4.79 Å². The van der Waals surface area contributed by atoms with Gasteiger partial charge < -0.3 is 20.1 Å². The van der Waals surface area contributed by atoms with Crippen molar-refractivity contribution in [2.24, 2.45) is 5.73 Å². The lowest BCUT2D eigenvalue weighted by atomic mass is 10.2. The number of hydrogen-bond acceptors (Lipinski definition) is 4. The Hall–Kier alpha value is -0.650. The number of hydrogen-bond donors (Lipinski definition) is 1. The molecule has 3 unspecified atom stereocenters. The summed E-state index contributed by atoms with van der Waals surface area (Å²) in [6.45, 7) is 5.31. The third kappa shape index (κ3) is 3.15. The van der Waals surface area contributed by atoms with E-state index in [0.717, 1.165) is 0 Å². The second-order valence-corrected chi connectivity index (χ2v) is 3.93. The molecule has 3 atom stereocenters. The average molecular weight is 216 g/mol. The Kier molecular flexibility index (Phi) is 4.50. The lowest BCUT2D eigenvalue weighted by molar-refractivity contribution is -0.152. The SMILES string of the molecule is COC(C)C(=O)N1CC(C)OC(CN)C1. The molecule has 1 heterocycles. The Bertz CT molecular complexity index is 223. The molecule has 88 valence electrons. The summed E-state index contributed by atoms with van der Waals surface area (Å²) < 4.78 is 10.6. The van der Waals surface area contributed by atoms with E-state index in [4.69, 9.17) is 15.2 Å². The molecule has 0 aliphatic carbocycles. The molecule has 0 saturated carbocycles. The summed E-state index contributed by atoms with van der Waals surface area (Å²) in [5.74, 6) is 0.00565. The molecular formula is C10H20N2O3. The Morgan fingerprint density at radius 1 is 1.67 bits per heavy atom. The molecule has 1 amide bonds. The summed E-state index contributed by atoms with van der Waals surface area (Å²) in [4.78, 5) is 13.6. The maximum absolute atomic E-state index is 11.8. The van der Waals surface area contributed by atoms with Crippen molar-refractivity contribution in [3.05, 3.63) is 0 Å². The molecule has 1 fully saturated rings. The Labute approximate surface area is 90.5 Å². The zero-order valence-corrected chi connectivity index (χ0v) is 9.60. The predicted octanol–water partition coefficient (Wildman–Crippen LogP) is -0.404. The highest BCUT2D eigenvalue weighted by molar-refractivity contribution is 5.80.